The first-order valence-electron chi connectivity index (χ1n) is 7.56. The molecule has 1 heterocycles. The third-order valence-corrected chi connectivity index (χ3v) is 5.91. The Morgan fingerprint density at radius 3 is 2.79 bits per heavy atom. The molecule has 19 heavy (non-hydrogen) atoms. The molecular weight excluding hydrogens is 232 g/mol. The van der Waals surface area contributed by atoms with Gasteiger partial charge in [-0.2, -0.15) is 0 Å². The van der Waals surface area contributed by atoms with Gasteiger partial charge in [0.05, 0.1) is 0 Å². The smallest absolute Gasteiger partial charge is 0.0315 e. The molecule has 0 amide bonds. The maximum Gasteiger partial charge on any atom is 0.0315 e. The van der Waals surface area contributed by atoms with Crippen LogP contribution < -0.4 is 5.32 Å². The van der Waals surface area contributed by atoms with E-state index in [0.717, 1.165) is 12.5 Å². The lowest BCUT2D eigenvalue weighted by atomic mass is 9.68. The van der Waals surface area contributed by atoms with Gasteiger partial charge in [-0.15, -0.1) is 0 Å². The van der Waals surface area contributed by atoms with E-state index < -0.39 is 0 Å². The fourth-order valence-corrected chi connectivity index (χ4v) is 4.71. The van der Waals surface area contributed by atoms with E-state index in [-0.39, 0.29) is 0 Å². The van der Waals surface area contributed by atoms with E-state index in [9.17, 15) is 0 Å². The number of aryl methyl sites for hydroxylation is 1. The third-order valence-electron chi connectivity index (χ3n) is 5.91. The molecule has 104 valence electrons. The summed E-state index contributed by atoms with van der Waals surface area (Å²) in [7, 11) is 0. The molecule has 0 saturated heterocycles. The van der Waals surface area contributed by atoms with Gasteiger partial charge in [0.15, 0.2) is 0 Å². The summed E-state index contributed by atoms with van der Waals surface area (Å²) in [6.07, 6.45) is 8.11. The molecule has 3 rings (SSSR count). The Morgan fingerprint density at radius 1 is 1.37 bits per heavy atom. The predicted octanol–water partition coefficient (Wildman–Crippen LogP) is 3.69. The maximum atomic E-state index is 4.25. The first kappa shape index (κ1) is 13.1. The lowest BCUT2D eigenvalue weighted by molar-refractivity contribution is 0.108. The van der Waals surface area contributed by atoms with Gasteiger partial charge in [0.1, 0.15) is 0 Å². The van der Waals surface area contributed by atoms with Crippen LogP contribution in [0.5, 0.6) is 0 Å². The van der Waals surface area contributed by atoms with Gasteiger partial charge in [-0.05, 0) is 60.1 Å². The zero-order valence-corrected chi connectivity index (χ0v) is 12.7. The van der Waals surface area contributed by atoms with Crippen molar-refractivity contribution in [1.82, 2.24) is 10.3 Å². The first-order chi connectivity index (χ1) is 8.93. The first-order valence-corrected chi connectivity index (χ1v) is 7.56. The molecule has 2 aliphatic carbocycles. The minimum Gasteiger partial charge on any atom is -0.309 e. The summed E-state index contributed by atoms with van der Waals surface area (Å²) in [6.45, 7) is 10.5. The van der Waals surface area contributed by atoms with Crippen LogP contribution in [-0.2, 0) is 6.54 Å². The maximum absolute atomic E-state index is 4.25. The molecule has 2 aliphatic rings. The number of hydrogen-bond acceptors (Lipinski definition) is 2. The summed E-state index contributed by atoms with van der Waals surface area (Å²) in [5.74, 6) is 0.907. The van der Waals surface area contributed by atoms with E-state index in [1.54, 1.807) is 0 Å². The van der Waals surface area contributed by atoms with Gasteiger partial charge < -0.3 is 5.32 Å². The molecule has 0 radical (unpaired) electrons. The van der Waals surface area contributed by atoms with Crippen molar-refractivity contribution < 1.29 is 0 Å². The van der Waals surface area contributed by atoms with Gasteiger partial charge in [-0.25, -0.2) is 0 Å². The molecule has 0 aromatic carbocycles. The van der Waals surface area contributed by atoms with E-state index in [1.165, 1.54) is 30.4 Å². The highest BCUT2D eigenvalue weighted by molar-refractivity contribution is 5.22. The van der Waals surface area contributed by atoms with Crippen LogP contribution in [-0.4, -0.2) is 11.0 Å². The van der Waals surface area contributed by atoms with Crippen molar-refractivity contribution in [2.45, 2.75) is 59.5 Å². The van der Waals surface area contributed by atoms with E-state index in [2.05, 4.69) is 44.1 Å². The molecule has 2 nitrogen and oxygen atoms in total. The molecular formula is C17H26N2. The zero-order chi connectivity index (χ0) is 13.7. The van der Waals surface area contributed by atoms with Crippen LogP contribution in [0.1, 0.15) is 51.2 Å². The fraction of sp³-hybridized carbons (Fsp3) is 0.706. The molecule has 2 bridgehead atoms. The average molecular weight is 258 g/mol. The highest BCUT2D eigenvalue weighted by Crippen LogP contribution is 2.62. The van der Waals surface area contributed by atoms with Gasteiger partial charge in [-0.1, -0.05) is 20.8 Å². The molecule has 1 N–H and O–H groups in total. The number of hydrogen-bond donors (Lipinski definition) is 1. The van der Waals surface area contributed by atoms with Crippen molar-refractivity contribution in [2.24, 2.45) is 16.7 Å². The number of fused-ring (bicyclic) bond motifs is 2. The molecule has 0 spiro atoms. The van der Waals surface area contributed by atoms with Crippen molar-refractivity contribution in [1.29, 1.82) is 0 Å². The van der Waals surface area contributed by atoms with Gasteiger partial charge in [0.2, 0.25) is 0 Å². The fourth-order valence-electron chi connectivity index (χ4n) is 4.71. The second-order valence-corrected chi connectivity index (χ2v) is 7.53. The summed E-state index contributed by atoms with van der Waals surface area (Å²) in [4.78, 5) is 4.25. The predicted molar refractivity (Wildman–Crippen MR) is 78.8 cm³/mol. The highest BCUT2D eigenvalue weighted by Gasteiger charge is 2.58. The Bertz CT molecular complexity index is 475. The summed E-state index contributed by atoms with van der Waals surface area (Å²) >= 11 is 0. The molecule has 2 heteroatoms. The minimum atomic E-state index is 0.434. The Balaban J connectivity index is 1.75. The van der Waals surface area contributed by atoms with Crippen LogP contribution in [0.25, 0.3) is 0 Å². The number of nitrogens with zero attached hydrogens (tertiary/aromatic N) is 1. The number of pyridine rings is 1. The summed E-state index contributed by atoms with van der Waals surface area (Å²) < 4.78 is 0. The summed E-state index contributed by atoms with van der Waals surface area (Å²) in [5.41, 5.74) is 3.62. The van der Waals surface area contributed by atoms with Crippen LogP contribution in [0, 0.1) is 23.7 Å². The largest absolute Gasteiger partial charge is 0.309 e. The average Bonchev–Trinajstić information content (AvgIpc) is 2.82. The van der Waals surface area contributed by atoms with Crippen LogP contribution in [0.3, 0.4) is 0 Å². The van der Waals surface area contributed by atoms with Gasteiger partial charge >= 0.3 is 0 Å². The normalized spacial score (nSPS) is 35.8. The Morgan fingerprint density at radius 2 is 2.16 bits per heavy atom. The molecule has 2 saturated carbocycles. The van der Waals surface area contributed by atoms with E-state index in [1.807, 2.05) is 12.4 Å². The monoisotopic (exact) mass is 258 g/mol. The molecule has 1 aromatic heterocycles. The third kappa shape index (κ3) is 2.01. The van der Waals surface area contributed by atoms with Crippen molar-refractivity contribution in [3.05, 3.63) is 29.6 Å². The summed E-state index contributed by atoms with van der Waals surface area (Å²) in [5, 5.41) is 3.86. The van der Waals surface area contributed by atoms with Crippen LogP contribution >= 0.6 is 0 Å². The standard InChI is InChI=1S/C17H26N2/c1-12-6-8-18-10-13(12)11-19-15-16(2,3)14-5-7-17(15,4)9-14/h6,8,10,14-15,19H,5,7,9,11H2,1-4H3/t14-,15?,17+/m0/s1. The molecule has 1 unspecified atom stereocenters. The van der Waals surface area contributed by atoms with Crippen LogP contribution in [0.15, 0.2) is 18.5 Å². The van der Waals surface area contributed by atoms with E-state index >= 15 is 0 Å². The number of aromatic nitrogens is 1. The highest BCUT2D eigenvalue weighted by atomic mass is 15.0. The molecule has 3 atom stereocenters. The number of rotatable bonds is 3. The van der Waals surface area contributed by atoms with Crippen LogP contribution in [0.4, 0.5) is 0 Å². The van der Waals surface area contributed by atoms with Gasteiger partial charge in [0.25, 0.3) is 0 Å². The molecule has 1 aromatic rings. The molecule has 2 fully saturated rings. The van der Waals surface area contributed by atoms with Crippen molar-refractivity contribution in [3.63, 3.8) is 0 Å². The number of nitrogens with one attached hydrogen (secondary N) is 1. The minimum absolute atomic E-state index is 0.434. The van der Waals surface area contributed by atoms with Crippen LogP contribution in [0.2, 0.25) is 0 Å². The Labute approximate surface area is 117 Å². The summed E-state index contributed by atoms with van der Waals surface area (Å²) in [6, 6.07) is 2.74. The van der Waals surface area contributed by atoms with Crippen molar-refractivity contribution >= 4 is 0 Å². The Hall–Kier alpha value is -0.890. The molecule has 0 aliphatic heterocycles. The topological polar surface area (TPSA) is 24.9 Å². The SMILES string of the molecule is Cc1ccncc1CNC1C(C)(C)[C@H]2CC[C@]1(C)C2. The second kappa shape index (κ2) is 4.31. The van der Waals surface area contributed by atoms with E-state index in [0.29, 0.717) is 16.9 Å². The van der Waals surface area contributed by atoms with Gasteiger partial charge in [0, 0.05) is 25.0 Å². The van der Waals surface area contributed by atoms with Gasteiger partial charge in [-0.3, -0.25) is 4.98 Å². The van der Waals surface area contributed by atoms with Crippen molar-refractivity contribution in [2.75, 3.05) is 0 Å². The lowest BCUT2D eigenvalue weighted by Crippen LogP contribution is -2.50. The quantitative estimate of drug-likeness (QED) is 0.894. The lowest BCUT2D eigenvalue weighted by Gasteiger charge is -2.43. The van der Waals surface area contributed by atoms with Crippen molar-refractivity contribution in [3.8, 4) is 0 Å². The van der Waals surface area contributed by atoms with E-state index in [4.69, 9.17) is 0 Å². The zero-order valence-electron chi connectivity index (χ0n) is 12.7. The second-order valence-electron chi connectivity index (χ2n) is 7.53. The Kier molecular flexibility index (Phi) is 2.97.